The second-order valence-corrected chi connectivity index (χ2v) is 19.1. The second kappa shape index (κ2) is 8.31. The zero-order valence-electron chi connectivity index (χ0n) is 19.9. The van der Waals surface area contributed by atoms with Crippen molar-refractivity contribution >= 4 is 33.8 Å². The third-order valence-corrected chi connectivity index (χ3v) is 12.3. The molecule has 2 aliphatic rings. The summed E-state index contributed by atoms with van der Waals surface area (Å²) < 4.78 is 27.9. The molecule has 172 valence electrons. The summed E-state index contributed by atoms with van der Waals surface area (Å²) in [5.41, 5.74) is 2.57. The summed E-state index contributed by atoms with van der Waals surface area (Å²) in [6, 6.07) is 7.01. The molecule has 3 rings (SSSR count). The molecule has 1 unspecified atom stereocenters. The molecule has 0 aliphatic heterocycles. The van der Waals surface area contributed by atoms with Crippen LogP contribution in [-0.4, -0.2) is 37.3 Å². The molecular formula is C25H37BrO3SSi. The SMILES string of the molecule is Cc1ccc(S(=O)(=O)[C@@H](CC#C[Si](C)(C)C)[C@@]2(O)[C@H]3C(Br)[C@]2(C)CC[C@H]3C(C)C)cc1. The molecule has 2 fully saturated rings. The van der Waals surface area contributed by atoms with Gasteiger partial charge in [-0.05, 0) is 43.7 Å². The van der Waals surface area contributed by atoms with E-state index in [2.05, 4.69) is 67.8 Å². The lowest BCUT2D eigenvalue weighted by Gasteiger charge is -2.72. The van der Waals surface area contributed by atoms with Crippen LogP contribution in [0.25, 0.3) is 0 Å². The first kappa shape index (κ1) is 25.0. The van der Waals surface area contributed by atoms with Crippen molar-refractivity contribution in [1.82, 2.24) is 0 Å². The van der Waals surface area contributed by atoms with Gasteiger partial charge >= 0.3 is 0 Å². The highest BCUT2D eigenvalue weighted by Gasteiger charge is 2.76. The topological polar surface area (TPSA) is 54.4 Å². The van der Waals surface area contributed by atoms with Gasteiger partial charge in [0.2, 0.25) is 0 Å². The van der Waals surface area contributed by atoms with Gasteiger partial charge in [0.25, 0.3) is 0 Å². The first-order chi connectivity index (χ1) is 14.2. The van der Waals surface area contributed by atoms with Crippen LogP contribution in [0, 0.1) is 41.6 Å². The van der Waals surface area contributed by atoms with Crippen molar-refractivity contribution < 1.29 is 13.5 Å². The minimum atomic E-state index is -3.76. The molecule has 6 atom stereocenters. The van der Waals surface area contributed by atoms with E-state index in [1.165, 1.54) is 0 Å². The highest BCUT2D eigenvalue weighted by molar-refractivity contribution is 9.09. The van der Waals surface area contributed by atoms with Crippen molar-refractivity contribution in [2.24, 2.45) is 23.2 Å². The molecule has 0 aromatic heterocycles. The van der Waals surface area contributed by atoms with Gasteiger partial charge in [-0.2, -0.15) is 0 Å². The van der Waals surface area contributed by atoms with Gasteiger partial charge in [-0.3, -0.25) is 0 Å². The largest absolute Gasteiger partial charge is 0.388 e. The zero-order chi connectivity index (χ0) is 23.4. The van der Waals surface area contributed by atoms with Crippen LogP contribution in [0.4, 0.5) is 0 Å². The monoisotopic (exact) mass is 524 g/mol. The maximum absolute atomic E-state index is 14.0. The number of rotatable bonds is 5. The first-order valence-corrected chi connectivity index (χ1v) is 17.3. The van der Waals surface area contributed by atoms with Crippen molar-refractivity contribution in [3.05, 3.63) is 29.8 Å². The Hall–Kier alpha value is -0.613. The molecule has 0 saturated heterocycles. The minimum Gasteiger partial charge on any atom is -0.388 e. The number of halogens is 1. The van der Waals surface area contributed by atoms with Gasteiger partial charge in [0.15, 0.2) is 9.84 Å². The maximum Gasteiger partial charge on any atom is 0.185 e. The van der Waals surface area contributed by atoms with Gasteiger partial charge in [0.1, 0.15) is 13.3 Å². The van der Waals surface area contributed by atoms with Crippen molar-refractivity contribution in [2.75, 3.05) is 0 Å². The van der Waals surface area contributed by atoms with Crippen molar-refractivity contribution in [3.8, 4) is 11.5 Å². The smallest absolute Gasteiger partial charge is 0.185 e. The lowest BCUT2D eigenvalue weighted by Crippen LogP contribution is -2.80. The summed E-state index contributed by atoms with van der Waals surface area (Å²) in [5, 5.41) is 11.4. The average molecular weight is 526 g/mol. The van der Waals surface area contributed by atoms with Crippen molar-refractivity contribution in [1.29, 1.82) is 0 Å². The minimum absolute atomic E-state index is 0.0924. The van der Waals surface area contributed by atoms with Crippen LogP contribution < -0.4 is 0 Å². The summed E-state index contributed by atoms with van der Waals surface area (Å²) >= 11 is 3.86. The quantitative estimate of drug-likeness (QED) is 0.309. The van der Waals surface area contributed by atoms with Crippen LogP contribution in [0.2, 0.25) is 19.6 Å². The number of aliphatic hydroxyl groups is 1. The van der Waals surface area contributed by atoms with Gasteiger partial charge < -0.3 is 5.11 Å². The molecule has 2 bridgehead atoms. The molecule has 6 heteroatoms. The molecule has 0 amide bonds. The number of hydrogen-bond donors (Lipinski definition) is 1. The van der Waals surface area contributed by atoms with Crippen LogP contribution in [0.15, 0.2) is 29.2 Å². The molecule has 1 N–H and O–H groups in total. The summed E-state index contributed by atoms with van der Waals surface area (Å²) in [6.45, 7) is 14.8. The van der Waals surface area contributed by atoms with E-state index >= 15 is 0 Å². The van der Waals surface area contributed by atoms with E-state index in [1.807, 2.05) is 19.1 Å². The molecule has 1 aromatic carbocycles. The highest BCUT2D eigenvalue weighted by Crippen LogP contribution is 2.70. The van der Waals surface area contributed by atoms with Gasteiger partial charge in [-0.25, -0.2) is 8.42 Å². The van der Waals surface area contributed by atoms with E-state index in [4.69, 9.17) is 0 Å². The number of hydrogen-bond acceptors (Lipinski definition) is 3. The Morgan fingerprint density at radius 1 is 1.23 bits per heavy atom. The molecular weight excluding hydrogens is 488 g/mol. The lowest BCUT2D eigenvalue weighted by molar-refractivity contribution is -0.252. The molecule has 1 aromatic rings. The molecule has 0 radical (unpaired) electrons. The van der Waals surface area contributed by atoms with E-state index < -0.39 is 34.2 Å². The van der Waals surface area contributed by atoms with Gasteiger partial charge in [-0.1, -0.05) is 74.0 Å². The third-order valence-electron chi connectivity index (χ3n) is 7.63. The Kier molecular flexibility index (Phi) is 6.71. The second-order valence-electron chi connectivity index (χ2n) is 11.2. The fourth-order valence-electron chi connectivity index (χ4n) is 5.79. The van der Waals surface area contributed by atoms with E-state index in [0.717, 1.165) is 18.4 Å². The fourth-order valence-corrected chi connectivity index (χ4v) is 9.85. The van der Waals surface area contributed by atoms with E-state index in [-0.39, 0.29) is 28.0 Å². The van der Waals surface area contributed by atoms with Gasteiger partial charge in [-0.15, -0.1) is 11.5 Å². The summed E-state index contributed by atoms with van der Waals surface area (Å²) in [7, 11) is -5.42. The van der Waals surface area contributed by atoms with Crippen LogP contribution in [0.5, 0.6) is 0 Å². The Morgan fingerprint density at radius 2 is 1.81 bits per heavy atom. The zero-order valence-corrected chi connectivity index (χ0v) is 23.3. The molecule has 3 nitrogen and oxygen atoms in total. The Morgan fingerprint density at radius 3 is 2.29 bits per heavy atom. The molecule has 31 heavy (non-hydrogen) atoms. The summed E-state index contributed by atoms with van der Waals surface area (Å²) in [6.07, 6.45) is 2.02. The van der Waals surface area contributed by atoms with Crippen LogP contribution in [-0.2, 0) is 9.84 Å². The standard InChI is InChI=1S/C25H37BrO3SSi/c1-17(2)20-14-15-24(4)23(26)22(20)25(24,27)21(9-8-16-31(5,6)7)30(28,29)19-12-10-18(3)11-13-19/h10-13,17,20-23,27H,9,14-15H2,1-7H3/t20-,21-,22+,23?,24-,25+/m0/s1. The van der Waals surface area contributed by atoms with E-state index in [9.17, 15) is 13.5 Å². The van der Waals surface area contributed by atoms with E-state index in [0.29, 0.717) is 5.92 Å². The van der Waals surface area contributed by atoms with Crippen molar-refractivity contribution in [2.45, 2.75) is 87.2 Å². The van der Waals surface area contributed by atoms with Crippen LogP contribution >= 0.6 is 15.9 Å². The molecule has 2 aliphatic carbocycles. The highest BCUT2D eigenvalue weighted by atomic mass is 79.9. The fraction of sp³-hybridized carbons (Fsp3) is 0.680. The molecule has 2 saturated carbocycles. The third kappa shape index (κ3) is 4.09. The average Bonchev–Trinajstić information content (AvgIpc) is 2.66. The number of benzene rings is 1. The predicted molar refractivity (Wildman–Crippen MR) is 135 cm³/mol. The van der Waals surface area contributed by atoms with Crippen molar-refractivity contribution in [3.63, 3.8) is 0 Å². The normalized spacial score (nSPS) is 33.9. The Labute approximate surface area is 198 Å². The number of fused-ring (bicyclic) bond motifs is 2. The van der Waals surface area contributed by atoms with Crippen LogP contribution in [0.3, 0.4) is 0 Å². The Balaban J connectivity index is 2.14. The number of sulfone groups is 1. The first-order valence-electron chi connectivity index (χ1n) is 11.3. The van der Waals surface area contributed by atoms with Crippen LogP contribution in [0.1, 0.15) is 45.6 Å². The lowest BCUT2D eigenvalue weighted by atomic mass is 9.40. The van der Waals surface area contributed by atoms with Gasteiger partial charge in [0, 0.05) is 22.6 Å². The van der Waals surface area contributed by atoms with E-state index in [1.54, 1.807) is 12.1 Å². The summed E-state index contributed by atoms with van der Waals surface area (Å²) in [5.74, 6) is 3.79. The summed E-state index contributed by atoms with van der Waals surface area (Å²) in [4.78, 5) is 0.402. The predicted octanol–water partition coefficient (Wildman–Crippen LogP) is 5.60. The molecule has 0 spiro atoms. The van der Waals surface area contributed by atoms with Gasteiger partial charge in [0.05, 0.1) is 10.5 Å². The Bertz CT molecular complexity index is 986. The number of aryl methyl sites for hydroxylation is 1. The number of alkyl halides is 1. The molecule has 0 heterocycles. The maximum atomic E-state index is 14.0.